The summed E-state index contributed by atoms with van der Waals surface area (Å²) in [7, 11) is 1.59. The Hall–Kier alpha value is -3.34. The van der Waals surface area contributed by atoms with E-state index in [1.165, 1.54) is 6.07 Å². The fourth-order valence-electron chi connectivity index (χ4n) is 5.19. The zero-order valence-corrected chi connectivity index (χ0v) is 22.9. The molecule has 1 aliphatic carbocycles. The number of hydrogen-bond donors (Lipinski definition) is 1. The topological polar surface area (TPSA) is 55.8 Å². The summed E-state index contributed by atoms with van der Waals surface area (Å²) in [4.78, 5) is 11.4. The first-order valence-corrected chi connectivity index (χ1v) is 13.7. The predicted molar refractivity (Wildman–Crippen MR) is 149 cm³/mol. The molecule has 0 amide bonds. The Balaban J connectivity index is 1.60. The number of methoxy groups -OCH3 is 1. The number of halogens is 1. The lowest BCUT2D eigenvalue weighted by molar-refractivity contribution is -0.137. The molecule has 1 atom stereocenters. The van der Waals surface area contributed by atoms with E-state index in [0.29, 0.717) is 23.8 Å². The van der Waals surface area contributed by atoms with Crippen LogP contribution in [0.4, 0.5) is 4.39 Å². The largest absolute Gasteiger partial charge is 0.497 e. The molecule has 3 aromatic rings. The normalized spacial score (nSPS) is 14.2. The molecule has 1 fully saturated rings. The summed E-state index contributed by atoms with van der Waals surface area (Å²) >= 11 is 0. The minimum absolute atomic E-state index is 0.0526. The highest BCUT2D eigenvalue weighted by atomic mass is 19.1. The molecule has 0 bridgehead atoms. The summed E-state index contributed by atoms with van der Waals surface area (Å²) in [6, 6.07) is 18.8. The zero-order chi connectivity index (χ0) is 27.3. The van der Waals surface area contributed by atoms with Crippen LogP contribution < -0.4 is 9.47 Å². The van der Waals surface area contributed by atoms with E-state index in [1.807, 2.05) is 36.4 Å². The molecule has 4 rings (SSSR count). The number of carboxylic acids is 1. The Morgan fingerprint density at radius 3 is 2.42 bits per heavy atom. The van der Waals surface area contributed by atoms with Gasteiger partial charge in [-0.05, 0) is 89.1 Å². The Morgan fingerprint density at radius 2 is 1.76 bits per heavy atom. The highest BCUT2D eigenvalue weighted by Gasteiger charge is 2.33. The number of benzene rings is 3. The minimum Gasteiger partial charge on any atom is -0.497 e. The van der Waals surface area contributed by atoms with Crippen LogP contribution in [0.5, 0.6) is 11.5 Å². The van der Waals surface area contributed by atoms with Crippen molar-refractivity contribution in [2.24, 2.45) is 11.3 Å². The maximum absolute atomic E-state index is 15.0. The van der Waals surface area contributed by atoms with Crippen LogP contribution in [0, 0.1) is 17.2 Å². The van der Waals surface area contributed by atoms with Crippen molar-refractivity contribution < 1.29 is 23.8 Å². The molecule has 1 N–H and O–H groups in total. The molecule has 202 valence electrons. The standard InChI is InChI=1S/C33H39FO4/c1-5-33(3,6-2)20-25-17-27(12-14-28(25)30-18-26(37-4)13-15-31(30)34)38-21-22-8-7-9-24(16-22)29(19-32(35)36)23-10-11-23/h7-9,12-18,23,29H,5-6,10-11,19-21H2,1-4H3,(H,35,36). The molecule has 0 radical (unpaired) electrons. The Morgan fingerprint density at radius 1 is 1.03 bits per heavy atom. The van der Waals surface area contributed by atoms with Crippen molar-refractivity contribution in [3.8, 4) is 22.6 Å². The number of carbonyl (C=O) groups is 1. The fourth-order valence-corrected chi connectivity index (χ4v) is 5.19. The minimum atomic E-state index is -0.755. The Kier molecular flexibility index (Phi) is 8.76. The average molecular weight is 519 g/mol. The summed E-state index contributed by atoms with van der Waals surface area (Å²) in [5, 5.41) is 9.38. The summed E-state index contributed by atoms with van der Waals surface area (Å²) in [6.07, 6.45) is 5.18. The van der Waals surface area contributed by atoms with E-state index >= 15 is 0 Å². The molecule has 1 saturated carbocycles. The third kappa shape index (κ3) is 6.75. The van der Waals surface area contributed by atoms with Crippen molar-refractivity contribution in [1.29, 1.82) is 0 Å². The number of aliphatic carboxylic acids is 1. The van der Waals surface area contributed by atoms with E-state index in [4.69, 9.17) is 9.47 Å². The molecule has 0 aliphatic heterocycles. The van der Waals surface area contributed by atoms with Gasteiger partial charge in [-0.3, -0.25) is 4.79 Å². The number of ether oxygens (including phenoxy) is 2. The number of carboxylic acid groups (broad SMARTS) is 1. The van der Waals surface area contributed by atoms with Crippen molar-refractivity contribution in [3.63, 3.8) is 0 Å². The molecule has 0 spiro atoms. The lowest BCUT2D eigenvalue weighted by Crippen LogP contribution is -2.18. The lowest BCUT2D eigenvalue weighted by Gasteiger charge is -2.28. The second-order valence-electron chi connectivity index (χ2n) is 10.9. The summed E-state index contributed by atoms with van der Waals surface area (Å²) in [5.41, 5.74) is 4.59. The molecular formula is C33H39FO4. The fraction of sp³-hybridized carbons (Fsp3) is 0.424. The number of hydrogen-bond acceptors (Lipinski definition) is 3. The van der Waals surface area contributed by atoms with E-state index in [9.17, 15) is 14.3 Å². The molecular weight excluding hydrogens is 479 g/mol. The van der Waals surface area contributed by atoms with Gasteiger partial charge in [-0.15, -0.1) is 0 Å². The Labute approximate surface area is 225 Å². The molecule has 4 nitrogen and oxygen atoms in total. The molecule has 0 saturated heterocycles. The van der Waals surface area contributed by atoms with Gasteiger partial charge in [0.05, 0.1) is 13.5 Å². The summed E-state index contributed by atoms with van der Waals surface area (Å²) in [6.45, 7) is 7.04. The second-order valence-corrected chi connectivity index (χ2v) is 10.9. The average Bonchev–Trinajstić information content (AvgIpc) is 3.76. The highest BCUT2D eigenvalue weighted by Crippen LogP contribution is 2.44. The first kappa shape index (κ1) is 27.7. The maximum Gasteiger partial charge on any atom is 0.303 e. The van der Waals surface area contributed by atoms with Gasteiger partial charge in [-0.25, -0.2) is 4.39 Å². The molecule has 5 heteroatoms. The molecule has 0 heterocycles. The van der Waals surface area contributed by atoms with E-state index in [0.717, 1.165) is 60.1 Å². The van der Waals surface area contributed by atoms with Crippen LogP contribution in [0.3, 0.4) is 0 Å². The van der Waals surface area contributed by atoms with Gasteiger partial charge in [0.1, 0.15) is 23.9 Å². The van der Waals surface area contributed by atoms with E-state index in [-0.39, 0.29) is 23.6 Å². The molecule has 1 unspecified atom stereocenters. The van der Waals surface area contributed by atoms with E-state index in [1.54, 1.807) is 19.2 Å². The van der Waals surface area contributed by atoms with Crippen LogP contribution in [0.1, 0.15) is 75.5 Å². The van der Waals surface area contributed by atoms with Crippen LogP contribution in [0.2, 0.25) is 0 Å². The van der Waals surface area contributed by atoms with Gasteiger partial charge in [-0.2, -0.15) is 0 Å². The SMILES string of the molecule is CCC(C)(CC)Cc1cc(OCc2cccc(C(CC(=O)O)C3CC3)c2)ccc1-c1cc(OC)ccc1F. The van der Waals surface area contributed by atoms with Gasteiger partial charge >= 0.3 is 5.97 Å². The van der Waals surface area contributed by atoms with Gasteiger partial charge in [0.15, 0.2) is 0 Å². The van der Waals surface area contributed by atoms with Gasteiger partial charge in [0.25, 0.3) is 0 Å². The second kappa shape index (κ2) is 12.0. The third-order valence-electron chi connectivity index (χ3n) is 8.24. The first-order valence-electron chi connectivity index (χ1n) is 13.7. The summed E-state index contributed by atoms with van der Waals surface area (Å²) < 4.78 is 26.6. The summed E-state index contributed by atoms with van der Waals surface area (Å²) in [5.74, 6) is 0.830. The molecule has 0 aromatic heterocycles. The van der Waals surface area contributed by atoms with Crippen LogP contribution in [-0.4, -0.2) is 18.2 Å². The zero-order valence-electron chi connectivity index (χ0n) is 22.9. The van der Waals surface area contributed by atoms with Gasteiger partial charge in [-0.1, -0.05) is 63.9 Å². The van der Waals surface area contributed by atoms with Gasteiger partial charge in [0, 0.05) is 5.56 Å². The van der Waals surface area contributed by atoms with Crippen molar-refractivity contribution in [2.45, 2.75) is 71.8 Å². The van der Waals surface area contributed by atoms with Crippen LogP contribution >= 0.6 is 0 Å². The molecule has 1 aliphatic rings. The van der Waals surface area contributed by atoms with Crippen molar-refractivity contribution in [2.75, 3.05) is 7.11 Å². The smallest absolute Gasteiger partial charge is 0.303 e. The quantitative estimate of drug-likeness (QED) is 0.247. The van der Waals surface area contributed by atoms with Crippen LogP contribution in [0.15, 0.2) is 60.7 Å². The van der Waals surface area contributed by atoms with Crippen molar-refractivity contribution >= 4 is 5.97 Å². The molecule has 38 heavy (non-hydrogen) atoms. The predicted octanol–water partition coefficient (Wildman–Crippen LogP) is 8.42. The lowest BCUT2D eigenvalue weighted by atomic mass is 9.77. The van der Waals surface area contributed by atoms with Crippen molar-refractivity contribution in [3.05, 3.63) is 83.2 Å². The van der Waals surface area contributed by atoms with Gasteiger partial charge < -0.3 is 14.6 Å². The highest BCUT2D eigenvalue weighted by molar-refractivity contribution is 5.71. The van der Waals surface area contributed by atoms with Crippen molar-refractivity contribution in [1.82, 2.24) is 0 Å². The monoisotopic (exact) mass is 518 g/mol. The Bertz CT molecular complexity index is 1260. The van der Waals surface area contributed by atoms with E-state index in [2.05, 4.69) is 26.8 Å². The van der Waals surface area contributed by atoms with Gasteiger partial charge in [0.2, 0.25) is 0 Å². The van der Waals surface area contributed by atoms with Crippen LogP contribution in [0.25, 0.3) is 11.1 Å². The number of rotatable bonds is 13. The molecule has 3 aromatic carbocycles. The first-order chi connectivity index (χ1) is 18.2. The maximum atomic E-state index is 15.0. The van der Waals surface area contributed by atoms with Crippen LogP contribution in [-0.2, 0) is 17.8 Å². The van der Waals surface area contributed by atoms with E-state index < -0.39 is 5.97 Å². The third-order valence-corrected chi connectivity index (χ3v) is 8.24.